The van der Waals surface area contributed by atoms with E-state index in [2.05, 4.69) is 17.6 Å². The molecule has 0 radical (unpaired) electrons. The number of rotatable bonds is 9. The largest absolute Gasteiger partial charge is 0.356 e. The molecule has 0 aromatic heterocycles. The predicted molar refractivity (Wildman–Crippen MR) is 60.3 cm³/mol. The molecule has 0 rings (SSSR count). The van der Waals surface area contributed by atoms with Crippen LogP contribution in [0.3, 0.4) is 0 Å². The molecule has 1 amide bonds. The summed E-state index contributed by atoms with van der Waals surface area (Å²) in [7, 11) is 0. The van der Waals surface area contributed by atoms with Crippen LogP contribution in [0.4, 0.5) is 0 Å². The average molecular weight is 200 g/mol. The van der Waals surface area contributed by atoms with E-state index in [-0.39, 0.29) is 5.91 Å². The zero-order valence-corrected chi connectivity index (χ0v) is 9.57. The van der Waals surface area contributed by atoms with Crippen LogP contribution in [0.15, 0.2) is 0 Å². The smallest absolute Gasteiger partial charge is 0.221 e. The number of nitrogens with one attached hydrogen (secondary N) is 2. The molecule has 0 atom stereocenters. The fraction of sp³-hybridized carbons (Fsp3) is 0.909. The monoisotopic (exact) mass is 200 g/mol. The lowest BCUT2D eigenvalue weighted by molar-refractivity contribution is -0.120. The maximum atomic E-state index is 11.2. The minimum atomic E-state index is 0.169. The zero-order valence-electron chi connectivity index (χ0n) is 9.57. The van der Waals surface area contributed by atoms with Crippen molar-refractivity contribution < 1.29 is 4.79 Å². The Morgan fingerprint density at radius 1 is 1.07 bits per heavy atom. The Morgan fingerprint density at radius 2 is 1.86 bits per heavy atom. The molecule has 14 heavy (non-hydrogen) atoms. The van der Waals surface area contributed by atoms with E-state index >= 15 is 0 Å². The summed E-state index contributed by atoms with van der Waals surface area (Å²) >= 11 is 0. The minimum absolute atomic E-state index is 0.169. The molecule has 0 aliphatic heterocycles. The van der Waals surface area contributed by atoms with Crippen molar-refractivity contribution in [2.45, 2.75) is 46.0 Å². The van der Waals surface area contributed by atoms with E-state index in [4.69, 9.17) is 0 Å². The molecule has 84 valence electrons. The second-order valence-electron chi connectivity index (χ2n) is 3.51. The van der Waals surface area contributed by atoms with Crippen molar-refractivity contribution in [3.05, 3.63) is 0 Å². The Kier molecular flexibility index (Phi) is 10.1. The van der Waals surface area contributed by atoms with Gasteiger partial charge in [0, 0.05) is 19.5 Å². The van der Waals surface area contributed by atoms with E-state index in [9.17, 15) is 4.79 Å². The van der Waals surface area contributed by atoms with Crippen molar-refractivity contribution in [2.75, 3.05) is 19.6 Å². The Morgan fingerprint density at radius 3 is 2.50 bits per heavy atom. The summed E-state index contributed by atoms with van der Waals surface area (Å²) < 4.78 is 0. The van der Waals surface area contributed by atoms with Crippen LogP contribution in [0, 0.1) is 0 Å². The number of hydrogen-bond donors (Lipinski definition) is 2. The van der Waals surface area contributed by atoms with Gasteiger partial charge >= 0.3 is 0 Å². The third-order valence-electron chi connectivity index (χ3n) is 2.13. The van der Waals surface area contributed by atoms with Gasteiger partial charge in [-0.25, -0.2) is 0 Å². The second kappa shape index (κ2) is 10.5. The molecule has 0 bridgehead atoms. The van der Waals surface area contributed by atoms with Crippen LogP contribution in [-0.2, 0) is 4.79 Å². The molecule has 0 fully saturated rings. The zero-order chi connectivity index (χ0) is 10.6. The molecule has 0 aromatic rings. The molecule has 3 heteroatoms. The summed E-state index contributed by atoms with van der Waals surface area (Å²) in [5, 5.41) is 6.05. The van der Waals surface area contributed by atoms with E-state index in [1.807, 2.05) is 6.92 Å². The Bertz CT molecular complexity index is 137. The Labute approximate surface area is 87.6 Å². The minimum Gasteiger partial charge on any atom is -0.356 e. The summed E-state index contributed by atoms with van der Waals surface area (Å²) in [6.45, 7) is 6.80. The lowest BCUT2D eigenvalue weighted by Gasteiger charge is -2.04. The van der Waals surface area contributed by atoms with Gasteiger partial charge in [-0.15, -0.1) is 0 Å². The van der Waals surface area contributed by atoms with Crippen LogP contribution < -0.4 is 10.6 Å². The Balaban J connectivity index is 3.10. The van der Waals surface area contributed by atoms with Crippen LogP contribution in [0.5, 0.6) is 0 Å². The number of carbonyl (C=O) groups excluding carboxylic acids is 1. The lowest BCUT2D eigenvalue weighted by Crippen LogP contribution is -2.28. The van der Waals surface area contributed by atoms with Crippen molar-refractivity contribution >= 4 is 5.91 Å². The van der Waals surface area contributed by atoms with E-state index in [1.54, 1.807) is 0 Å². The standard InChI is InChI=1S/C11H24N2O/c1-3-5-6-7-9-13-11(14)8-10-12-4-2/h12H,3-10H2,1-2H3,(H,13,14). The SMILES string of the molecule is CCCCCCNC(=O)CCNCC. The van der Waals surface area contributed by atoms with Gasteiger partial charge in [-0.3, -0.25) is 4.79 Å². The first-order valence-corrected chi connectivity index (χ1v) is 5.78. The molecule has 0 heterocycles. The summed E-state index contributed by atoms with van der Waals surface area (Å²) in [6.07, 6.45) is 5.45. The molecular weight excluding hydrogens is 176 g/mol. The van der Waals surface area contributed by atoms with Gasteiger partial charge in [0.05, 0.1) is 0 Å². The van der Waals surface area contributed by atoms with Gasteiger partial charge in [-0.05, 0) is 13.0 Å². The van der Waals surface area contributed by atoms with Gasteiger partial charge in [-0.2, -0.15) is 0 Å². The quantitative estimate of drug-likeness (QED) is 0.556. The summed E-state index contributed by atoms with van der Waals surface area (Å²) in [5.41, 5.74) is 0. The highest BCUT2D eigenvalue weighted by molar-refractivity contribution is 5.75. The highest BCUT2D eigenvalue weighted by Gasteiger charge is 1.98. The number of carbonyl (C=O) groups is 1. The van der Waals surface area contributed by atoms with Crippen LogP contribution in [0.2, 0.25) is 0 Å². The molecule has 3 nitrogen and oxygen atoms in total. The van der Waals surface area contributed by atoms with E-state index in [0.29, 0.717) is 6.42 Å². The van der Waals surface area contributed by atoms with Crippen molar-refractivity contribution in [3.63, 3.8) is 0 Å². The predicted octanol–water partition coefficient (Wildman–Crippen LogP) is 1.68. The first kappa shape index (κ1) is 13.4. The maximum Gasteiger partial charge on any atom is 0.221 e. The fourth-order valence-electron chi connectivity index (χ4n) is 1.25. The highest BCUT2D eigenvalue weighted by atomic mass is 16.1. The van der Waals surface area contributed by atoms with Crippen molar-refractivity contribution in [3.8, 4) is 0 Å². The van der Waals surface area contributed by atoms with E-state index in [1.165, 1.54) is 19.3 Å². The van der Waals surface area contributed by atoms with Gasteiger partial charge in [0.25, 0.3) is 0 Å². The van der Waals surface area contributed by atoms with Crippen molar-refractivity contribution in [1.29, 1.82) is 0 Å². The molecule has 0 aliphatic carbocycles. The lowest BCUT2D eigenvalue weighted by atomic mass is 10.2. The first-order valence-electron chi connectivity index (χ1n) is 5.78. The van der Waals surface area contributed by atoms with Crippen LogP contribution in [0.25, 0.3) is 0 Å². The summed E-state index contributed by atoms with van der Waals surface area (Å²) in [6, 6.07) is 0. The maximum absolute atomic E-state index is 11.2. The number of amides is 1. The molecule has 0 saturated carbocycles. The number of unbranched alkanes of at least 4 members (excludes halogenated alkanes) is 3. The number of hydrogen-bond acceptors (Lipinski definition) is 2. The topological polar surface area (TPSA) is 41.1 Å². The van der Waals surface area contributed by atoms with Gasteiger partial charge in [0.2, 0.25) is 5.91 Å². The summed E-state index contributed by atoms with van der Waals surface area (Å²) in [4.78, 5) is 11.2. The summed E-state index contributed by atoms with van der Waals surface area (Å²) in [5.74, 6) is 0.169. The van der Waals surface area contributed by atoms with E-state index in [0.717, 1.165) is 26.1 Å². The van der Waals surface area contributed by atoms with Gasteiger partial charge in [-0.1, -0.05) is 33.1 Å². The van der Waals surface area contributed by atoms with E-state index < -0.39 is 0 Å². The molecular formula is C11H24N2O. The van der Waals surface area contributed by atoms with Gasteiger partial charge in [0.15, 0.2) is 0 Å². The van der Waals surface area contributed by atoms with Gasteiger partial charge < -0.3 is 10.6 Å². The molecule has 0 spiro atoms. The normalized spacial score (nSPS) is 10.1. The molecule has 0 saturated heterocycles. The van der Waals surface area contributed by atoms with Crippen molar-refractivity contribution in [1.82, 2.24) is 10.6 Å². The van der Waals surface area contributed by atoms with Crippen LogP contribution in [-0.4, -0.2) is 25.5 Å². The van der Waals surface area contributed by atoms with Crippen LogP contribution in [0.1, 0.15) is 46.0 Å². The Hall–Kier alpha value is -0.570. The van der Waals surface area contributed by atoms with Crippen molar-refractivity contribution in [2.24, 2.45) is 0 Å². The fourth-order valence-corrected chi connectivity index (χ4v) is 1.25. The molecule has 2 N–H and O–H groups in total. The molecule has 0 aromatic carbocycles. The molecule has 0 unspecified atom stereocenters. The highest BCUT2D eigenvalue weighted by Crippen LogP contribution is 1.96. The first-order chi connectivity index (χ1) is 6.81. The third-order valence-corrected chi connectivity index (χ3v) is 2.13. The third kappa shape index (κ3) is 9.52. The van der Waals surface area contributed by atoms with Gasteiger partial charge in [0.1, 0.15) is 0 Å². The van der Waals surface area contributed by atoms with Crippen LogP contribution >= 0.6 is 0 Å². The average Bonchev–Trinajstić information content (AvgIpc) is 2.18. The second-order valence-corrected chi connectivity index (χ2v) is 3.51. The molecule has 0 aliphatic rings.